The first-order chi connectivity index (χ1) is 17.3. The van der Waals surface area contributed by atoms with E-state index >= 15 is 0 Å². The van der Waals surface area contributed by atoms with Gasteiger partial charge in [-0.3, -0.25) is 4.79 Å². The topological polar surface area (TPSA) is 70.2 Å². The maximum Gasteiger partial charge on any atom is 0.416 e. The Kier molecular flexibility index (Phi) is 7.57. The standard InChI is InChI=1S/C25H29F6N5O/c1-36(2)21-19-5-3-4-6-20(19)34-23(35-21)33-18-9-7-17(8-10-18)32-22(37)14-11-15(24(26,27)28)13-16(12-14)25(29,30)31/h11-13,17-18H,3-10H2,1-2H3,(H,32,37)(H,33,34,35)/t17-,18+. The Hall–Kier alpha value is -3.05. The number of benzene rings is 1. The van der Waals surface area contributed by atoms with Gasteiger partial charge in [0, 0.05) is 37.3 Å². The molecule has 1 aromatic heterocycles. The van der Waals surface area contributed by atoms with Gasteiger partial charge in [0.25, 0.3) is 5.91 Å². The Bertz CT molecular complexity index is 1110. The van der Waals surface area contributed by atoms with E-state index in [0.717, 1.165) is 37.2 Å². The number of anilines is 2. The Morgan fingerprint density at radius 2 is 1.43 bits per heavy atom. The van der Waals surface area contributed by atoms with Crippen LogP contribution in [0.25, 0.3) is 0 Å². The van der Waals surface area contributed by atoms with Gasteiger partial charge in [0.05, 0.1) is 16.8 Å². The molecular formula is C25H29F6N5O. The van der Waals surface area contributed by atoms with Crippen molar-refractivity contribution in [2.45, 2.75) is 75.8 Å². The van der Waals surface area contributed by atoms with E-state index in [9.17, 15) is 31.1 Å². The van der Waals surface area contributed by atoms with E-state index in [0.29, 0.717) is 43.8 Å². The highest BCUT2D eigenvalue weighted by atomic mass is 19.4. The molecule has 1 saturated carbocycles. The summed E-state index contributed by atoms with van der Waals surface area (Å²) in [7, 11) is 3.88. The van der Waals surface area contributed by atoms with Gasteiger partial charge in [0.15, 0.2) is 0 Å². The number of hydrogen-bond donors (Lipinski definition) is 2. The third-order valence-corrected chi connectivity index (χ3v) is 6.83. The Labute approximate surface area is 210 Å². The molecule has 2 aromatic rings. The molecule has 1 amide bonds. The van der Waals surface area contributed by atoms with Gasteiger partial charge in [-0.25, -0.2) is 4.98 Å². The van der Waals surface area contributed by atoms with Crippen LogP contribution in [0, 0.1) is 0 Å². The Morgan fingerprint density at radius 1 is 0.865 bits per heavy atom. The third-order valence-electron chi connectivity index (χ3n) is 6.83. The number of nitrogens with one attached hydrogen (secondary N) is 2. The predicted molar refractivity (Wildman–Crippen MR) is 127 cm³/mol. The van der Waals surface area contributed by atoms with Crippen molar-refractivity contribution < 1.29 is 31.1 Å². The summed E-state index contributed by atoms with van der Waals surface area (Å²) in [5, 5.41) is 5.97. The van der Waals surface area contributed by atoms with Crippen molar-refractivity contribution >= 4 is 17.7 Å². The number of nitrogens with zero attached hydrogens (tertiary/aromatic N) is 3. The summed E-state index contributed by atoms with van der Waals surface area (Å²) in [6.45, 7) is 0. The van der Waals surface area contributed by atoms with E-state index in [-0.39, 0.29) is 18.2 Å². The van der Waals surface area contributed by atoms with E-state index in [4.69, 9.17) is 9.97 Å². The van der Waals surface area contributed by atoms with Crippen molar-refractivity contribution in [1.29, 1.82) is 0 Å². The van der Waals surface area contributed by atoms with Gasteiger partial charge >= 0.3 is 12.4 Å². The van der Waals surface area contributed by atoms with Crippen LogP contribution in [0.5, 0.6) is 0 Å². The zero-order valence-corrected chi connectivity index (χ0v) is 20.6. The van der Waals surface area contributed by atoms with Crippen molar-refractivity contribution in [2.24, 2.45) is 0 Å². The van der Waals surface area contributed by atoms with Crippen LogP contribution in [-0.4, -0.2) is 42.1 Å². The van der Waals surface area contributed by atoms with Crippen LogP contribution in [0.2, 0.25) is 0 Å². The zero-order chi connectivity index (χ0) is 27.0. The van der Waals surface area contributed by atoms with E-state index in [2.05, 4.69) is 10.6 Å². The first-order valence-corrected chi connectivity index (χ1v) is 12.2. The van der Waals surface area contributed by atoms with E-state index < -0.39 is 35.0 Å². The third kappa shape index (κ3) is 6.45. The fourth-order valence-electron chi connectivity index (χ4n) is 4.93. The van der Waals surface area contributed by atoms with E-state index in [1.807, 2.05) is 19.0 Å². The molecule has 0 radical (unpaired) electrons. The molecule has 0 atom stereocenters. The SMILES string of the molecule is CN(C)c1nc(N[C@H]2CC[C@@H](NC(=O)c3cc(C(F)(F)F)cc(C(F)(F)F)c3)CC2)nc2c1CCCC2. The summed E-state index contributed by atoms with van der Waals surface area (Å²) in [6, 6.07) is 0.588. The number of aryl methyl sites for hydroxylation is 1. The Morgan fingerprint density at radius 3 is 2.00 bits per heavy atom. The number of aromatic nitrogens is 2. The average Bonchev–Trinajstić information content (AvgIpc) is 2.83. The second-order valence-electron chi connectivity index (χ2n) is 9.86. The number of rotatable bonds is 5. The number of amides is 1. The molecule has 6 nitrogen and oxygen atoms in total. The van der Waals surface area contributed by atoms with Gasteiger partial charge in [-0.2, -0.15) is 31.3 Å². The van der Waals surface area contributed by atoms with E-state index in [1.54, 1.807) is 0 Å². The summed E-state index contributed by atoms with van der Waals surface area (Å²) in [4.78, 5) is 24.0. The molecule has 2 aliphatic carbocycles. The molecule has 2 N–H and O–H groups in total. The maximum atomic E-state index is 13.1. The first kappa shape index (κ1) is 27.0. The van der Waals surface area contributed by atoms with Crippen LogP contribution in [-0.2, 0) is 25.2 Å². The number of carbonyl (C=O) groups is 1. The molecule has 0 unspecified atom stereocenters. The van der Waals surface area contributed by atoms with Crippen molar-refractivity contribution in [3.05, 3.63) is 46.1 Å². The largest absolute Gasteiger partial charge is 0.416 e. The maximum absolute atomic E-state index is 13.1. The van der Waals surface area contributed by atoms with Gasteiger partial charge in [-0.15, -0.1) is 0 Å². The fraction of sp³-hybridized carbons (Fsp3) is 0.560. The summed E-state index contributed by atoms with van der Waals surface area (Å²) < 4.78 is 78.7. The van der Waals surface area contributed by atoms with Crippen LogP contribution in [0.4, 0.5) is 38.1 Å². The van der Waals surface area contributed by atoms with Gasteiger partial charge in [-0.1, -0.05) is 0 Å². The zero-order valence-electron chi connectivity index (χ0n) is 20.6. The van der Waals surface area contributed by atoms with Crippen LogP contribution in [0.3, 0.4) is 0 Å². The minimum Gasteiger partial charge on any atom is -0.362 e. The molecule has 1 fully saturated rings. The van der Waals surface area contributed by atoms with Gasteiger partial charge in [0.2, 0.25) is 5.95 Å². The highest BCUT2D eigenvalue weighted by molar-refractivity contribution is 5.94. The lowest BCUT2D eigenvalue weighted by Crippen LogP contribution is -2.40. The summed E-state index contributed by atoms with van der Waals surface area (Å²) in [5.41, 5.74) is -1.46. The normalized spacial score (nSPS) is 20.2. The average molecular weight is 530 g/mol. The number of hydrogen-bond acceptors (Lipinski definition) is 5. The number of fused-ring (bicyclic) bond motifs is 1. The van der Waals surface area contributed by atoms with Crippen LogP contribution in [0.15, 0.2) is 18.2 Å². The fourth-order valence-corrected chi connectivity index (χ4v) is 4.93. The molecule has 1 heterocycles. The smallest absolute Gasteiger partial charge is 0.362 e. The lowest BCUT2D eigenvalue weighted by atomic mass is 9.91. The predicted octanol–water partition coefficient (Wildman–Crippen LogP) is 5.61. The van der Waals surface area contributed by atoms with Crippen LogP contribution in [0.1, 0.15) is 71.3 Å². The number of carbonyl (C=O) groups excluding carboxylic acids is 1. The van der Waals surface area contributed by atoms with Crippen molar-refractivity contribution in [3.8, 4) is 0 Å². The molecule has 202 valence electrons. The Balaban J connectivity index is 1.40. The first-order valence-electron chi connectivity index (χ1n) is 12.2. The second kappa shape index (κ2) is 10.4. The molecule has 12 heteroatoms. The highest BCUT2D eigenvalue weighted by Gasteiger charge is 2.37. The molecule has 0 spiro atoms. The van der Waals surface area contributed by atoms with Crippen molar-refractivity contribution in [3.63, 3.8) is 0 Å². The molecular weight excluding hydrogens is 500 g/mol. The van der Waals surface area contributed by atoms with Crippen molar-refractivity contribution in [2.75, 3.05) is 24.3 Å². The number of alkyl halides is 6. The highest BCUT2D eigenvalue weighted by Crippen LogP contribution is 2.36. The van der Waals surface area contributed by atoms with Gasteiger partial charge < -0.3 is 15.5 Å². The summed E-state index contributed by atoms with van der Waals surface area (Å²) in [5.74, 6) is 0.481. The summed E-state index contributed by atoms with van der Waals surface area (Å²) >= 11 is 0. The van der Waals surface area contributed by atoms with Crippen molar-refractivity contribution in [1.82, 2.24) is 15.3 Å². The number of halogens is 6. The molecule has 0 aliphatic heterocycles. The minimum absolute atomic E-state index is 0.0121. The molecule has 0 saturated heterocycles. The van der Waals surface area contributed by atoms with Crippen LogP contribution >= 0.6 is 0 Å². The quantitative estimate of drug-likeness (QED) is 0.493. The molecule has 37 heavy (non-hydrogen) atoms. The minimum atomic E-state index is -5.01. The molecule has 4 rings (SSSR count). The lowest BCUT2D eigenvalue weighted by molar-refractivity contribution is -0.143. The molecule has 1 aromatic carbocycles. The monoisotopic (exact) mass is 529 g/mol. The van der Waals surface area contributed by atoms with Gasteiger partial charge in [0.1, 0.15) is 5.82 Å². The van der Waals surface area contributed by atoms with E-state index in [1.165, 1.54) is 5.56 Å². The van der Waals surface area contributed by atoms with Crippen LogP contribution < -0.4 is 15.5 Å². The van der Waals surface area contributed by atoms with Gasteiger partial charge in [-0.05, 0) is 69.6 Å². The molecule has 2 aliphatic rings. The second-order valence-corrected chi connectivity index (χ2v) is 9.86. The molecule has 0 bridgehead atoms. The lowest BCUT2D eigenvalue weighted by Gasteiger charge is -2.30. The summed E-state index contributed by atoms with van der Waals surface area (Å²) in [6.07, 6.45) is -3.67.